The van der Waals surface area contributed by atoms with Crippen molar-refractivity contribution in [3.05, 3.63) is 118 Å². The van der Waals surface area contributed by atoms with Gasteiger partial charge in [-0.05, 0) is 110 Å². The summed E-state index contributed by atoms with van der Waals surface area (Å²) in [7, 11) is -4.64. The van der Waals surface area contributed by atoms with Crippen LogP contribution in [0.4, 0.5) is 24.5 Å². The van der Waals surface area contributed by atoms with Gasteiger partial charge < -0.3 is 24.1 Å². The molecule has 2 aliphatic heterocycles. The van der Waals surface area contributed by atoms with Crippen molar-refractivity contribution in [2.45, 2.75) is 70.1 Å². The predicted molar refractivity (Wildman–Crippen MR) is 239 cm³/mol. The molecule has 2 N–H and O–H groups in total. The number of carbonyl (C=O) groups excluding carboxylic acids is 1. The van der Waals surface area contributed by atoms with E-state index >= 15 is 0 Å². The van der Waals surface area contributed by atoms with Gasteiger partial charge in [-0.2, -0.15) is 13.2 Å². The number of H-pyrrole nitrogens is 1. The average molecular weight is 917 g/mol. The first kappa shape index (κ1) is 45.6. The number of nitrogens with zero attached hydrogens (tertiary/aromatic N) is 4. The summed E-state index contributed by atoms with van der Waals surface area (Å²) in [5, 5.41) is 12.9. The van der Waals surface area contributed by atoms with Crippen molar-refractivity contribution in [3.63, 3.8) is 0 Å². The van der Waals surface area contributed by atoms with Gasteiger partial charge in [0.15, 0.2) is 5.75 Å². The molecule has 1 aliphatic carbocycles. The van der Waals surface area contributed by atoms with Gasteiger partial charge in [-0.15, -0.1) is 0 Å². The SMILES string of the molecule is CC(Oc1ccc(S(=O)(=O)NC(=O)c2ccc(N3CCN(CC4=C(c5ccc(C(F)(F)F)cc5)CC(C)(C)CC4)CC3)cc2Oc2cnc3[nH]ccc3c2)cc1[N+](=O)[O-])C1CCOCC1. The molecule has 3 aliphatic rings. The normalized spacial score (nSPS) is 18.1. The number of aromatic nitrogens is 2. The molecular formula is C47H51F3N6O8S. The standard InChI is InChI=1S/C47H51F3N6O8S/c1-30(31-14-22-62-23-15-31)63-42-11-9-38(26-41(42)56(58)59)65(60,61)53-45(57)39-10-8-36(25-43(39)64-37-24-33-13-17-51-44(33)52-28-37)55-20-18-54(19-21-55)29-34-12-16-46(2,3)27-40(34)32-4-6-35(7-5-32)47(48,49)50/h4-11,13,17,24-26,28,30-31H,12,14-16,18-23,27,29H2,1-3H3,(H,51,52)(H,53,57). The van der Waals surface area contributed by atoms with Crippen LogP contribution in [0.5, 0.6) is 17.2 Å². The molecule has 3 aromatic carbocycles. The van der Waals surface area contributed by atoms with E-state index in [-0.39, 0.29) is 34.5 Å². The molecule has 1 unspecified atom stereocenters. The lowest BCUT2D eigenvalue weighted by molar-refractivity contribution is -0.386. The Balaban J connectivity index is 1.00. The summed E-state index contributed by atoms with van der Waals surface area (Å²) in [6.07, 6.45) is 2.45. The zero-order chi connectivity index (χ0) is 46.1. The number of nitro groups is 1. The topological polar surface area (TPSA) is 169 Å². The number of hydrogen-bond donors (Lipinski definition) is 2. The molecule has 4 heterocycles. The number of alkyl halides is 3. The molecule has 5 aromatic rings. The number of hydrogen-bond acceptors (Lipinski definition) is 11. The van der Waals surface area contributed by atoms with Gasteiger partial charge in [-0.25, -0.2) is 18.1 Å². The average Bonchev–Trinajstić information content (AvgIpc) is 3.75. The van der Waals surface area contributed by atoms with Crippen LogP contribution in [-0.2, 0) is 20.9 Å². The highest BCUT2D eigenvalue weighted by Crippen LogP contribution is 2.44. The number of benzene rings is 3. The maximum Gasteiger partial charge on any atom is 0.416 e. The Bertz CT molecular complexity index is 2710. The van der Waals surface area contributed by atoms with Crippen molar-refractivity contribution >= 4 is 43.9 Å². The van der Waals surface area contributed by atoms with Crippen molar-refractivity contribution < 1.29 is 45.5 Å². The number of sulfonamides is 1. The third-order valence-corrected chi connectivity index (χ3v) is 13.9. The monoisotopic (exact) mass is 916 g/mol. The molecule has 1 amide bonds. The number of nitro benzene ring substituents is 1. The number of ether oxygens (including phenoxy) is 3. The van der Waals surface area contributed by atoms with Gasteiger partial charge in [-0.3, -0.25) is 19.8 Å². The lowest BCUT2D eigenvalue weighted by Crippen LogP contribution is -2.47. The van der Waals surface area contributed by atoms with E-state index in [1.807, 2.05) is 13.0 Å². The number of pyridine rings is 1. The molecule has 2 aromatic heterocycles. The van der Waals surface area contributed by atoms with Crippen LogP contribution in [0, 0.1) is 21.4 Å². The van der Waals surface area contributed by atoms with Crippen LogP contribution in [0.15, 0.2) is 95.7 Å². The summed E-state index contributed by atoms with van der Waals surface area (Å²) >= 11 is 0. The summed E-state index contributed by atoms with van der Waals surface area (Å²) in [6.45, 7) is 10.6. The van der Waals surface area contributed by atoms with E-state index in [1.165, 1.54) is 23.9 Å². The Labute approximate surface area is 375 Å². The molecule has 2 saturated heterocycles. The van der Waals surface area contributed by atoms with Crippen LogP contribution in [-0.4, -0.2) is 86.2 Å². The molecule has 0 radical (unpaired) electrons. The Hall–Kier alpha value is -5.98. The third kappa shape index (κ3) is 10.6. The maximum atomic E-state index is 13.9. The maximum absolute atomic E-state index is 13.9. The second-order valence-electron chi connectivity index (χ2n) is 17.7. The Morgan fingerprint density at radius 1 is 1.02 bits per heavy atom. The first-order chi connectivity index (χ1) is 30.9. The molecule has 65 heavy (non-hydrogen) atoms. The minimum Gasteiger partial charge on any atom is -0.483 e. The largest absolute Gasteiger partial charge is 0.483 e. The van der Waals surface area contributed by atoms with Gasteiger partial charge >= 0.3 is 11.9 Å². The second kappa shape index (κ2) is 18.5. The Morgan fingerprint density at radius 3 is 2.46 bits per heavy atom. The van der Waals surface area contributed by atoms with Crippen molar-refractivity contribution in [1.82, 2.24) is 19.6 Å². The molecule has 14 nitrogen and oxygen atoms in total. The van der Waals surface area contributed by atoms with E-state index in [1.54, 1.807) is 36.5 Å². The van der Waals surface area contributed by atoms with Crippen LogP contribution in [0.3, 0.4) is 0 Å². The van der Waals surface area contributed by atoms with Crippen LogP contribution in [0.2, 0.25) is 0 Å². The summed E-state index contributed by atoms with van der Waals surface area (Å²) in [4.78, 5) is 36.7. The number of halogens is 3. The van der Waals surface area contributed by atoms with Crippen LogP contribution >= 0.6 is 0 Å². The Morgan fingerprint density at radius 2 is 1.75 bits per heavy atom. The predicted octanol–water partition coefficient (Wildman–Crippen LogP) is 9.38. The van der Waals surface area contributed by atoms with Crippen molar-refractivity contribution in [2.24, 2.45) is 11.3 Å². The van der Waals surface area contributed by atoms with E-state index in [4.69, 9.17) is 14.2 Å². The molecule has 344 valence electrons. The fourth-order valence-corrected chi connectivity index (χ4v) is 9.80. The number of anilines is 1. The van der Waals surface area contributed by atoms with Crippen LogP contribution in [0.1, 0.15) is 74.4 Å². The fraction of sp³-hybridized carbons (Fsp3) is 0.404. The zero-order valence-corrected chi connectivity index (χ0v) is 37.1. The quantitative estimate of drug-likeness (QED) is 0.0853. The van der Waals surface area contributed by atoms with Gasteiger partial charge in [0.2, 0.25) is 0 Å². The lowest BCUT2D eigenvalue weighted by Gasteiger charge is -2.39. The van der Waals surface area contributed by atoms with E-state index < -0.39 is 43.2 Å². The smallest absolute Gasteiger partial charge is 0.416 e. The highest BCUT2D eigenvalue weighted by atomic mass is 32.2. The number of carbonyl (C=O) groups is 1. The summed E-state index contributed by atoms with van der Waals surface area (Å²) in [5.41, 5.74) is 3.17. The minimum atomic E-state index is -4.64. The van der Waals surface area contributed by atoms with Crippen LogP contribution < -0.4 is 19.1 Å². The number of allylic oxidation sites excluding steroid dienone is 1. The fourth-order valence-electron chi connectivity index (χ4n) is 8.81. The number of amides is 1. The number of fused-ring (bicyclic) bond motifs is 1. The summed E-state index contributed by atoms with van der Waals surface area (Å²) in [6, 6.07) is 17.1. The number of nitrogens with one attached hydrogen (secondary N) is 2. The lowest BCUT2D eigenvalue weighted by atomic mass is 9.72. The van der Waals surface area contributed by atoms with Crippen molar-refractivity contribution in [2.75, 3.05) is 50.8 Å². The van der Waals surface area contributed by atoms with E-state index in [0.717, 1.165) is 78.6 Å². The molecular weight excluding hydrogens is 866 g/mol. The Kier molecular flexibility index (Phi) is 13.0. The molecule has 0 saturated carbocycles. The van der Waals surface area contributed by atoms with E-state index in [2.05, 4.69) is 38.3 Å². The molecule has 2 fully saturated rings. The van der Waals surface area contributed by atoms with Gasteiger partial charge in [0, 0.05) is 75.3 Å². The van der Waals surface area contributed by atoms with E-state index in [0.29, 0.717) is 57.3 Å². The van der Waals surface area contributed by atoms with Gasteiger partial charge in [-0.1, -0.05) is 31.6 Å². The number of rotatable bonds is 13. The highest BCUT2D eigenvalue weighted by molar-refractivity contribution is 7.90. The molecule has 8 rings (SSSR count). The second-order valence-corrected chi connectivity index (χ2v) is 19.4. The first-order valence-electron chi connectivity index (χ1n) is 21.6. The minimum absolute atomic E-state index is 0.0158. The molecule has 0 spiro atoms. The molecule has 18 heteroatoms. The summed E-state index contributed by atoms with van der Waals surface area (Å²) in [5.74, 6) is -0.642. The highest BCUT2D eigenvalue weighted by Gasteiger charge is 2.33. The molecule has 1 atom stereocenters. The number of piperazine rings is 1. The molecule has 0 bridgehead atoms. The van der Waals surface area contributed by atoms with Crippen LogP contribution in [0.25, 0.3) is 16.6 Å². The summed E-state index contributed by atoms with van der Waals surface area (Å²) < 4.78 is 87.3. The zero-order valence-electron chi connectivity index (χ0n) is 36.3. The first-order valence-corrected chi connectivity index (χ1v) is 23.1. The van der Waals surface area contributed by atoms with Gasteiger partial charge in [0.25, 0.3) is 15.9 Å². The van der Waals surface area contributed by atoms with Crippen molar-refractivity contribution in [3.8, 4) is 17.2 Å². The van der Waals surface area contributed by atoms with Gasteiger partial charge in [0.05, 0.1) is 33.2 Å². The van der Waals surface area contributed by atoms with Gasteiger partial charge in [0.1, 0.15) is 17.1 Å². The van der Waals surface area contributed by atoms with E-state index in [9.17, 15) is 36.5 Å². The van der Waals surface area contributed by atoms with Crippen molar-refractivity contribution in [1.29, 1.82) is 0 Å². The number of aromatic amines is 1. The third-order valence-electron chi connectivity index (χ3n) is 12.6.